The summed E-state index contributed by atoms with van der Waals surface area (Å²) in [6.07, 6.45) is 4.99. The van der Waals surface area contributed by atoms with Gasteiger partial charge in [0, 0.05) is 19.2 Å². The molecule has 0 aliphatic carbocycles. The first-order chi connectivity index (χ1) is 10.2. The molecule has 0 bridgehead atoms. The predicted molar refractivity (Wildman–Crippen MR) is 88.9 cm³/mol. The zero-order valence-corrected chi connectivity index (χ0v) is 13.9. The molecule has 0 heterocycles. The van der Waals surface area contributed by atoms with Gasteiger partial charge in [-0.05, 0) is 24.1 Å². The lowest BCUT2D eigenvalue weighted by Crippen LogP contribution is -2.21. The summed E-state index contributed by atoms with van der Waals surface area (Å²) in [6, 6.07) is 8.75. The number of benzene rings is 1. The summed E-state index contributed by atoms with van der Waals surface area (Å²) in [5.74, 6) is 0.924. The van der Waals surface area contributed by atoms with Gasteiger partial charge < -0.3 is 14.8 Å². The van der Waals surface area contributed by atoms with Crippen molar-refractivity contribution in [3.05, 3.63) is 29.8 Å². The third kappa shape index (κ3) is 9.48. The first-order valence-electron chi connectivity index (χ1n) is 8.25. The van der Waals surface area contributed by atoms with Crippen LogP contribution in [0.4, 0.5) is 0 Å². The van der Waals surface area contributed by atoms with Gasteiger partial charge >= 0.3 is 0 Å². The van der Waals surface area contributed by atoms with Crippen LogP contribution >= 0.6 is 0 Å². The van der Waals surface area contributed by atoms with Gasteiger partial charge in [-0.2, -0.15) is 0 Å². The number of hydrogen-bond donors (Lipinski definition) is 1. The van der Waals surface area contributed by atoms with Gasteiger partial charge in [-0.25, -0.2) is 0 Å². The van der Waals surface area contributed by atoms with Crippen molar-refractivity contribution in [3.8, 4) is 5.75 Å². The Morgan fingerprint density at radius 2 is 1.90 bits per heavy atom. The van der Waals surface area contributed by atoms with Crippen molar-refractivity contribution in [3.63, 3.8) is 0 Å². The van der Waals surface area contributed by atoms with Gasteiger partial charge in [0.05, 0.1) is 6.61 Å². The number of nitrogens with one attached hydrogen (secondary N) is 1. The van der Waals surface area contributed by atoms with Crippen LogP contribution in [0.2, 0.25) is 0 Å². The molecule has 0 saturated heterocycles. The molecule has 1 rings (SSSR count). The second-order valence-corrected chi connectivity index (χ2v) is 5.70. The minimum atomic E-state index is 0.496. The van der Waals surface area contributed by atoms with Crippen LogP contribution in [-0.2, 0) is 11.3 Å². The normalized spacial score (nSPS) is 11.0. The highest BCUT2D eigenvalue weighted by Gasteiger charge is 1.99. The summed E-state index contributed by atoms with van der Waals surface area (Å²) in [5, 5.41) is 3.41. The number of ether oxygens (including phenoxy) is 2. The number of hydrogen-bond acceptors (Lipinski definition) is 3. The average molecular weight is 293 g/mol. The van der Waals surface area contributed by atoms with Crippen molar-refractivity contribution in [2.24, 2.45) is 0 Å². The van der Waals surface area contributed by atoms with Crippen molar-refractivity contribution in [1.82, 2.24) is 5.32 Å². The molecule has 0 aromatic heterocycles. The highest BCUT2D eigenvalue weighted by Crippen LogP contribution is 2.13. The van der Waals surface area contributed by atoms with E-state index in [-0.39, 0.29) is 0 Å². The zero-order valence-electron chi connectivity index (χ0n) is 13.9. The smallest absolute Gasteiger partial charge is 0.119 e. The second-order valence-electron chi connectivity index (χ2n) is 5.70. The first kappa shape index (κ1) is 18.0. The van der Waals surface area contributed by atoms with E-state index in [1.807, 2.05) is 12.1 Å². The van der Waals surface area contributed by atoms with Gasteiger partial charge in [0.1, 0.15) is 12.4 Å². The summed E-state index contributed by atoms with van der Waals surface area (Å²) >= 11 is 0. The Kier molecular flexibility index (Phi) is 9.92. The largest absolute Gasteiger partial charge is 0.491 e. The fraction of sp³-hybridized carbons (Fsp3) is 0.667. The summed E-state index contributed by atoms with van der Waals surface area (Å²) in [4.78, 5) is 0. The van der Waals surface area contributed by atoms with E-state index in [4.69, 9.17) is 9.47 Å². The molecule has 0 fully saturated rings. The van der Waals surface area contributed by atoms with Gasteiger partial charge in [0.25, 0.3) is 0 Å². The molecule has 0 aliphatic heterocycles. The van der Waals surface area contributed by atoms with Crippen LogP contribution in [0.5, 0.6) is 5.75 Å². The Labute approximate surface area is 130 Å². The Morgan fingerprint density at radius 3 is 2.67 bits per heavy atom. The van der Waals surface area contributed by atoms with Gasteiger partial charge in [0.15, 0.2) is 0 Å². The lowest BCUT2D eigenvalue weighted by atomic mass is 10.2. The number of rotatable bonds is 12. The molecule has 3 nitrogen and oxygen atoms in total. The van der Waals surface area contributed by atoms with Crippen LogP contribution in [0.25, 0.3) is 0 Å². The van der Waals surface area contributed by atoms with Crippen molar-refractivity contribution < 1.29 is 9.47 Å². The van der Waals surface area contributed by atoms with Crippen molar-refractivity contribution in [2.45, 2.75) is 59.0 Å². The molecule has 0 aliphatic rings. The number of unbranched alkanes of at least 4 members (excludes halogenated alkanes) is 3. The Bertz CT molecular complexity index is 366. The van der Waals surface area contributed by atoms with Crippen LogP contribution in [0.3, 0.4) is 0 Å². The molecule has 1 aromatic carbocycles. The minimum absolute atomic E-state index is 0.496. The van der Waals surface area contributed by atoms with Crippen molar-refractivity contribution >= 4 is 0 Å². The SMILES string of the molecule is CCCCCCOCCOc1cccc(CNC(C)C)c1. The molecule has 0 unspecified atom stereocenters. The zero-order chi connectivity index (χ0) is 15.3. The lowest BCUT2D eigenvalue weighted by Gasteiger charge is -2.11. The molecule has 1 aromatic rings. The summed E-state index contributed by atoms with van der Waals surface area (Å²) in [5.41, 5.74) is 1.25. The van der Waals surface area contributed by atoms with E-state index in [2.05, 4.69) is 38.2 Å². The summed E-state index contributed by atoms with van der Waals surface area (Å²) in [6.45, 7) is 9.54. The molecule has 1 N–H and O–H groups in total. The summed E-state index contributed by atoms with van der Waals surface area (Å²) in [7, 11) is 0. The molecule has 0 amide bonds. The lowest BCUT2D eigenvalue weighted by molar-refractivity contribution is 0.0971. The van der Waals surface area contributed by atoms with Gasteiger partial charge in [0.2, 0.25) is 0 Å². The Morgan fingerprint density at radius 1 is 1.05 bits per heavy atom. The monoisotopic (exact) mass is 293 g/mol. The minimum Gasteiger partial charge on any atom is -0.491 e. The molecule has 3 heteroatoms. The van der Waals surface area contributed by atoms with Crippen LogP contribution in [0.1, 0.15) is 52.0 Å². The Balaban J connectivity index is 2.13. The molecule has 0 saturated carbocycles. The van der Waals surface area contributed by atoms with Gasteiger partial charge in [-0.1, -0.05) is 52.2 Å². The van der Waals surface area contributed by atoms with Crippen LogP contribution in [0, 0.1) is 0 Å². The van der Waals surface area contributed by atoms with Crippen LogP contribution < -0.4 is 10.1 Å². The predicted octanol–water partition coefficient (Wildman–Crippen LogP) is 4.16. The van der Waals surface area contributed by atoms with Crippen molar-refractivity contribution in [2.75, 3.05) is 19.8 Å². The maximum Gasteiger partial charge on any atom is 0.119 e. The van der Waals surface area contributed by atoms with Gasteiger partial charge in [-0.3, -0.25) is 0 Å². The van der Waals surface area contributed by atoms with Crippen molar-refractivity contribution in [1.29, 1.82) is 0 Å². The van der Waals surface area contributed by atoms with E-state index in [0.717, 1.165) is 25.3 Å². The van der Waals surface area contributed by atoms with E-state index in [1.54, 1.807) is 0 Å². The van der Waals surface area contributed by atoms with E-state index < -0.39 is 0 Å². The van der Waals surface area contributed by atoms with E-state index >= 15 is 0 Å². The fourth-order valence-corrected chi connectivity index (χ4v) is 2.02. The highest BCUT2D eigenvalue weighted by molar-refractivity contribution is 5.28. The van der Waals surface area contributed by atoms with Gasteiger partial charge in [-0.15, -0.1) is 0 Å². The fourth-order valence-electron chi connectivity index (χ4n) is 2.02. The topological polar surface area (TPSA) is 30.5 Å². The maximum atomic E-state index is 5.73. The first-order valence-corrected chi connectivity index (χ1v) is 8.25. The molecule has 120 valence electrons. The maximum absolute atomic E-state index is 5.73. The van der Waals surface area contributed by atoms with E-state index in [9.17, 15) is 0 Å². The molecule has 0 radical (unpaired) electrons. The van der Waals surface area contributed by atoms with Crippen LogP contribution in [0.15, 0.2) is 24.3 Å². The Hall–Kier alpha value is -1.06. The molecule has 21 heavy (non-hydrogen) atoms. The molecular formula is C18H31NO2. The standard InChI is InChI=1S/C18H31NO2/c1-4-5-6-7-11-20-12-13-21-18-10-8-9-17(14-18)15-19-16(2)3/h8-10,14,16,19H,4-7,11-13,15H2,1-3H3. The second kappa shape index (κ2) is 11.6. The molecule has 0 atom stereocenters. The van der Waals surface area contributed by atoms with E-state index in [0.29, 0.717) is 19.3 Å². The molecular weight excluding hydrogens is 262 g/mol. The average Bonchev–Trinajstić information content (AvgIpc) is 2.48. The van der Waals surface area contributed by atoms with Crippen LogP contribution in [-0.4, -0.2) is 25.9 Å². The third-order valence-corrected chi connectivity index (χ3v) is 3.25. The highest BCUT2D eigenvalue weighted by atomic mass is 16.5. The summed E-state index contributed by atoms with van der Waals surface area (Å²) < 4.78 is 11.3. The third-order valence-electron chi connectivity index (χ3n) is 3.25. The molecule has 0 spiro atoms. The van der Waals surface area contributed by atoms with E-state index in [1.165, 1.54) is 24.8 Å². The quantitative estimate of drug-likeness (QED) is 0.587.